The van der Waals surface area contributed by atoms with Gasteiger partial charge in [0.05, 0.1) is 0 Å². The molecule has 0 bridgehead atoms. The lowest BCUT2D eigenvalue weighted by molar-refractivity contribution is 0.948. The quantitative estimate of drug-likeness (QED) is 0.729. The van der Waals surface area contributed by atoms with Gasteiger partial charge in [-0.25, -0.2) is 0 Å². The molecule has 0 spiro atoms. The van der Waals surface area contributed by atoms with Gasteiger partial charge in [0.15, 0.2) is 0 Å². The molecule has 0 radical (unpaired) electrons. The Hall–Kier alpha value is -1.31. The number of aryl methyl sites for hydroxylation is 2. The molecule has 0 aliphatic rings. The monoisotopic (exact) mass is 191 g/mol. The summed E-state index contributed by atoms with van der Waals surface area (Å²) in [5, 5.41) is 0. The van der Waals surface area contributed by atoms with E-state index < -0.39 is 0 Å². The predicted molar refractivity (Wildman–Crippen MR) is 59.6 cm³/mol. The van der Waals surface area contributed by atoms with Crippen LogP contribution in [0.1, 0.15) is 31.0 Å². The van der Waals surface area contributed by atoms with Crippen LogP contribution in [-0.4, -0.2) is 4.98 Å². The molecular formula is C12H17NO. The second kappa shape index (κ2) is 5.43. The highest BCUT2D eigenvalue weighted by atomic mass is 16.1. The predicted octanol–water partition coefficient (Wildman–Crippen LogP) is 2.58. The number of hydrogen-bond donors (Lipinski definition) is 1. The number of allylic oxidation sites excluding steroid dienone is 2. The molecule has 76 valence electrons. The molecular weight excluding hydrogens is 174 g/mol. The summed E-state index contributed by atoms with van der Waals surface area (Å²) in [5.74, 6) is 0. The zero-order valence-electron chi connectivity index (χ0n) is 8.84. The number of pyridine rings is 1. The molecule has 0 aromatic carbocycles. The molecule has 1 rings (SSSR count). The van der Waals surface area contributed by atoms with E-state index >= 15 is 0 Å². The van der Waals surface area contributed by atoms with Crippen LogP contribution >= 0.6 is 0 Å². The smallest absolute Gasteiger partial charge is 0.248 e. The van der Waals surface area contributed by atoms with Gasteiger partial charge in [0.25, 0.3) is 0 Å². The van der Waals surface area contributed by atoms with E-state index in [1.807, 2.05) is 13.0 Å². The zero-order chi connectivity index (χ0) is 10.4. The molecule has 0 aliphatic heterocycles. The summed E-state index contributed by atoms with van der Waals surface area (Å²) in [4.78, 5) is 13.7. The summed E-state index contributed by atoms with van der Waals surface area (Å²) < 4.78 is 0. The molecule has 0 atom stereocenters. The Morgan fingerprint density at radius 1 is 1.36 bits per heavy atom. The maximum atomic E-state index is 10.9. The lowest BCUT2D eigenvalue weighted by atomic mass is 10.1. The Bertz CT molecular complexity index is 363. The maximum Gasteiger partial charge on any atom is 0.248 e. The van der Waals surface area contributed by atoms with Crippen LogP contribution in [0.3, 0.4) is 0 Å². The summed E-state index contributed by atoms with van der Waals surface area (Å²) >= 11 is 0. The van der Waals surface area contributed by atoms with E-state index in [9.17, 15) is 4.79 Å². The minimum Gasteiger partial charge on any atom is -0.326 e. The molecule has 2 heteroatoms. The van der Waals surface area contributed by atoms with E-state index in [2.05, 4.69) is 24.1 Å². The van der Waals surface area contributed by atoms with E-state index in [1.54, 1.807) is 6.07 Å². The molecule has 2 nitrogen and oxygen atoms in total. The average Bonchev–Trinajstić information content (AvgIpc) is 2.15. The van der Waals surface area contributed by atoms with Gasteiger partial charge in [-0.05, 0) is 31.7 Å². The minimum absolute atomic E-state index is 0.0182. The van der Waals surface area contributed by atoms with Gasteiger partial charge in [-0.2, -0.15) is 0 Å². The Balaban J connectivity index is 2.59. The van der Waals surface area contributed by atoms with Crippen LogP contribution in [0, 0.1) is 6.92 Å². The van der Waals surface area contributed by atoms with Crippen LogP contribution in [-0.2, 0) is 6.42 Å². The van der Waals surface area contributed by atoms with Gasteiger partial charge < -0.3 is 4.98 Å². The Morgan fingerprint density at radius 3 is 2.79 bits per heavy atom. The third-order valence-corrected chi connectivity index (χ3v) is 2.21. The van der Waals surface area contributed by atoms with Crippen LogP contribution < -0.4 is 5.56 Å². The first-order valence-electron chi connectivity index (χ1n) is 5.08. The standard InChI is InChI=1S/C12H17NO/c1-3-4-5-6-7-11-8-9-12(14)13-10(11)2/h4-5,8-9H,3,6-7H2,1-2H3,(H,13,14). The maximum absolute atomic E-state index is 10.9. The fourth-order valence-corrected chi connectivity index (χ4v) is 1.40. The van der Waals surface area contributed by atoms with E-state index in [0.29, 0.717) is 0 Å². The number of hydrogen-bond acceptors (Lipinski definition) is 1. The molecule has 0 fully saturated rings. The molecule has 1 N–H and O–H groups in total. The first-order chi connectivity index (χ1) is 6.74. The van der Waals surface area contributed by atoms with Crippen LogP contribution in [0.5, 0.6) is 0 Å². The lowest BCUT2D eigenvalue weighted by Gasteiger charge is -2.02. The van der Waals surface area contributed by atoms with Crippen LogP contribution in [0.15, 0.2) is 29.1 Å². The van der Waals surface area contributed by atoms with Gasteiger partial charge in [-0.3, -0.25) is 4.79 Å². The van der Waals surface area contributed by atoms with Gasteiger partial charge >= 0.3 is 0 Å². The van der Waals surface area contributed by atoms with Crippen molar-refractivity contribution in [1.29, 1.82) is 0 Å². The molecule has 0 unspecified atom stereocenters. The largest absolute Gasteiger partial charge is 0.326 e. The Labute approximate surface area is 84.7 Å². The van der Waals surface area contributed by atoms with Crippen molar-refractivity contribution in [2.45, 2.75) is 33.1 Å². The van der Waals surface area contributed by atoms with Crippen molar-refractivity contribution in [1.82, 2.24) is 4.98 Å². The highest BCUT2D eigenvalue weighted by Crippen LogP contribution is 2.05. The van der Waals surface area contributed by atoms with Crippen molar-refractivity contribution in [3.05, 3.63) is 45.9 Å². The van der Waals surface area contributed by atoms with E-state index in [1.165, 1.54) is 5.56 Å². The average molecular weight is 191 g/mol. The van der Waals surface area contributed by atoms with Crippen molar-refractivity contribution >= 4 is 0 Å². The summed E-state index contributed by atoms with van der Waals surface area (Å²) in [5.41, 5.74) is 2.20. The summed E-state index contributed by atoms with van der Waals surface area (Å²) in [6, 6.07) is 3.50. The van der Waals surface area contributed by atoms with Gasteiger partial charge in [0.1, 0.15) is 0 Å². The first kappa shape index (κ1) is 10.8. The van der Waals surface area contributed by atoms with E-state index in [0.717, 1.165) is 25.0 Å². The highest BCUT2D eigenvalue weighted by molar-refractivity contribution is 5.18. The van der Waals surface area contributed by atoms with Gasteiger partial charge in [-0.15, -0.1) is 0 Å². The summed E-state index contributed by atoms with van der Waals surface area (Å²) in [7, 11) is 0. The number of H-pyrrole nitrogens is 1. The third-order valence-electron chi connectivity index (χ3n) is 2.21. The van der Waals surface area contributed by atoms with Crippen molar-refractivity contribution < 1.29 is 0 Å². The van der Waals surface area contributed by atoms with Crippen LogP contribution in [0.25, 0.3) is 0 Å². The topological polar surface area (TPSA) is 32.9 Å². The number of nitrogens with one attached hydrogen (secondary N) is 1. The van der Waals surface area contributed by atoms with Gasteiger partial charge in [-0.1, -0.05) is 25.1 Å². The molecule has 0 aliphatic carbocycles. The first-order valence-corrected chi connectivity index (χ1v) is 5.08. The second-order valence-electron chi connectivity index (χ2n) is 3.39. The molecule has 1 aromatic rings. The molecule has 14 heavy (non-hydrogen) atoms. The fourth-order valence-electron chi connectivity index (χ4n) is 1.40. The number of aromatic amines is 1. The molecule has 0 saturated heterocycles. The lowest BCUT2D eigenvalue weighted by Crippen LogP contribution is -2.07. The Kier molecular flexibility index (Phi) is 4.17. The fraction of sp³-hybridized carbons (Fsp3) is 0.417. The normalized spacial score (nSPS) is 11.0. The van der Waals surface area contributed by atoms with E-state index in [-0.39, 0.29) is 5.56 Å². The van der Waals surface area contributed by atoms with Crippen molar-refractivity contribution in [2.75, 3.05) is 0 Å². The SMILES string of the molecule is CCC=CCCc1ccc(=O)[nH]c1C. The zero-order valence-corrected chi connectivity index (χ0v) is 8.84. The number of rotatable bonds is 4. The van der Waals surface area contributed by atoms with Gasteiger partial charge in [0, 0.05) is 11.8 Å². The molecule has 1 aromatic heterocycles. The van der Waals surface area contributed by atoms with Crippen LogP contribution in [0.4, 0.5) is 0 Å². The van der Waals surface area contributed by atoms with E-state index in [4.69, 9.17) is 0 Å². The third kappa shape index (κ3) is 3.21. The molecule has 0 amide bonds. The molecule has 1 heterocycles. The Morgan fingerprint density at radius 2 is 2.14 bits per heavy atom. The minimum atomic E-state index is -0.0182. The van der Waals surface area contributed by atoms with Crippen LogP contribution in [0.2, 0.25) is 0 Å². The molecule has 0 saturated carbocycles. The highest BCUT2D eigenvalue weighted by Gasteiger charge is 1.96. The second-order valence-corrected chi connectivity index (χ2v) is 3.39. The van der Waals surface area contributed by atoms with Crippen molar-refractivity contribution in [3.63, 3.8) is 0 Å². The number of aromatic nitrogens is 1. The summed E-state index contributed by atoms with van der Waals surface area (Å²) in [6.07, 6.45) is 7.48. The van der Waals surface area contributed by atoms with Crippen molar-refractivity contribution in [3.8, 4) is 0 Å². The van der Waals surface area contributed by atoms with Gasteiger partial charge in [0.2, 0.25) is 5.56 Å². The van der Waals surface area contributed by atoms with Crippen molar-refractivity contribution in [2.24, 2.45) is 0 Å². The summed E-state index contributed by atoms with van der Waals surface area (Å²) in [6.45, 7) is 4.07.